The van der Waals surface area contributed by atoms with Crippen LogP contribution in [0.4, 0.5) is 0 Å². The molecular weight excluding hydrogens is 404 g/mol. The summed E-state index contributed by atoms with van der Waals surface area (Å²) in [5, 5.41) is 0.905. The van der Waals surface area contributed by atoms with Crippen LogP contribution in [-0.2, 0) is 11.2 Å². The largest absolute Gasteiger partial charge is 0.543 e. The molecule has 2 aliphatic rings. The summed E-state index contributed by atoms with van der Waals surface area (Å²) < 4.78 is 13.4. The highest BCUT2D eigenvalue weighted by molar-refractivity contribution is 9.09. The van der Waals surface area contributed by atoms with Crippen molar-refractivity contribution in [1.82, 2.24) is 0 Å². The van der Waals surface area contributed by atoms with E-state index in [4.69, 9.17) is 9.16 Å². The van der Waals surface area contributed by atoms with Gasteiger partial charge in [0, 0.05) is 5.33 Å². The molecule has 3 rings (SSSR count). The molecule has 26 heavy (non-hydrogen) atoms. The van der Waals surface area contributed by atoms with Crippen LogP contribution in [0.2, 0.25) is 16.6 Å². The van der Waals surface area contributed by atoms with Crippen LogP contribution in [0.5, 0.6) is 5.75 Å². The maximum atomic E-state index is 6.91. The Bertz CT molecular complexity index is 636. The molecule has 1 heterocycles. The highest BCUT2D eigenvalue weighted by Gasteiger charge is 2.49. The third-order valence-electron chi connectivity index (χ3n) is 6.97. The van der Waals surface area contributed by atoms with Crippen LogP contribution in [0.1, 0.15) is 72.1 Å². The molecule has 146 valence electrons. The van der Waals surface area contributed by atoms with Crippen molar-refractivity contribution >= 4 is 24.2 Å². The zero-order valence-corrected chi connectivity index (χ0v) is 20.0. The lowest BCUT2D eigenvalue weighted by Gasteiger charge is -2.42. The van der Waals surface area contributed by atoms with Gasteiger partial charge in [0.15, 0.2) is 0 Å². The predicted octanol–water partition coefficient (Wildman–Crippen LogP) is 7.03. The number of halogens is 1. The Morgan fingerprint density at radius 3 is 2.31 bits per heavy atom. The second kappa shape index (κ2) is 7.25. The van der Waals surface area contributed by atoms with E-state index in [0.717, 1.165) is 23.9 Å². The molecule has 0 amide bonds. The normalized spacial score (nSPS) is 28.1. The summed E-state index contributed by atoms with van der Waals surface area (Å²) in [4.78, 5) is 0. The van der Waals surface area contributed by atoms with Gasteiger partial charge in [0.1, 0.15) is 5.75 Å². The number of alkyl halides is 1. The molecular formula is C22H35BrO2Si. The average Bonchev–Trinajstić information content (AvgIpc) is 2.84. The fourth-order valence-corrected chi connectivity index (χ4v) is 11.4. The predicted molar refractivity (Wildman–Crippen MR) is 116 cm³/mol. The van der Waals surface area contributed by atoms with Gasteiger partial charge in [-0.25, -0.2) is 0 Å². The fourth-order valence-electron chi connectivity index (χ4n) is 5.55. The topological polar surface area (TPSA) is 18.5 Å². The van der Waals surface area contributed by atoms with Crippen molar-refractivity contribution in [2.24, 2.45) is 5.92 Å². The second-order valence-corrected chi connectivity index (χ2v) is 15.4. The van der Waals surface area contributed by atoms with E-state index in [2.05, 4.69) is 82.6 Å². The van der Waals surface area contributed by atoms with Crippen molar-refractivity contribution in [2.75, 3.05) is 5.33 Å². The Morgan fingerprint density at radius 2 is 1.77 bits per heavy atom. The van der Waals surface area contributed by atoms with Crippen molar-refractivity contribution in [1.29, 1.82) is 0 Å². The van der Waals surface area contributed by atoms with Gasteiger partial charge in [-0.2, -0.15) is 0 Å². The molecule has 4 heteroatoms. The van der Waals surface area contributed by atoms with E-state index >= 15 is 0 Å². The molecule has 0 radical (unpaired) electrons. The van der Waals surface area contributed by atoms with Crippen LogP contribution >= 0.6 is 15.9 Å². The Morgan fingerprint density at radius 1 is 1.15 bits per heavy atom. The third kappa shape index (κ3) is 3.20. The molecule has 2 bridgehead atoms. The average molecular weight is 440 g/mol. The molecule has 3 atom stereocenters. The van der Waals surface area contributed by atoms with Gasteiger partial charge in [-0.1, -0.05) is 63.5 Å². The quantitative estimate of drug-likeness (QED) is 0.350. The Balaban J connectivity index is 1.93. The number of rotatable bonds is 6. The number of benzene rings is 1. The molecule has 1 fully saturated rings. The van der Waals surface area contributed by atoms with Crippen LogP contribution < -0.4 is 4.43 Å². The molecule has 0 spiro atoms. The summed E-state index contributed by atoms with van der Waals surface area (Å²) >= 11 is 3.67. The Hall–Kier alpha value is -0.323. The van der Waals surface area contributed by atoms with Crippen molar-refractivity contribution in [3.63, 3.8) is 0 Å². The minimum absolute atomic E-state index is 0.0446. The van der Waals surface area contributed by atoms with Gasteiger partial charge in [-0.15, -0.1) is 0 Å². The SMILES string of the molecule is CC(C)[Si](Oc1ccc2c(c1)[C@@H]1C[C@H](C2)[C@](C)(CBr)O1)(C(C)C)C(C)C. The first kappa shape index (κ1) is 20.4. The van der Waals surface area contributed by atoms with Gasteiger partial charge in [-0.05, 0) is 65.6 Å². The zero-order valence-electron chi connectivity index (χ0n) is 17.4. The third-order valence-corrected chi connectivity index (χ3v) is 14.1. The van der Waals surface area contributed by atoms with Gasteiger partial charge < -0.3 is 9.16 Å². The lowest BCUT2D eigenvalue weighted by Crippen LogP contribution is -2.50. The van der Waals surface area contributed by atoms with E-state index in [1.807, 2.05) is 0 Å². The van der Waals surface area contributed by atoms with Crippen LogP contribution in [0.3, 0.4) is 0 Å². The summed E-state index contributed by atoms with van der Waals surface area (Å²) in [5.74, 6) is 1.67. The molecule has 0 unspecified atom stereocenters. The van der Waals surface area contributed by atoms with E-state index in [1.165, 1.54) is 11.1 Å². The molecule has 1 aliphatic carbocycles. The number of hydrogen-bond donors (Lipinski definition) is 0. The van der Waals surface area contributed by atoms with Gasteiger partial charge >= 0.3 is 0 Å². The summed E-state index contributed by atoms with van der Waals surface area (Å²) in [6, 6.07) is 6.81. The minimum Gasteiger partial charge on any atom is -0.543 e. The van der Waals surface area contributed by atoms with Crippen LogP contribution in [0.25, 0.3) is 0 Å². The number of fused-ring (bicyclic) bond motifs is 4. The van der Waals surface area contributed by atoms with Gasteiger partial charge in [0.25, 0.3) is 8.32 Å². The van der Waals surface area contributed by atoms with E-state index in [1.54, 1.807) is 0 Å². The smallest absolute Gasteiger partial charge is 0.258 e. The molecule has 1 aromatic carbocycles. The standard InChI is InChI=1S/C22H35BrO2Si/c1-14(2)26(15(3)4,16(5)6)25-19-9-8-17-10-18-11-21(20(17)12-19)24-22(18,7)13-23/h8-9,12,14-16,18,21H,10-11,13H2,1-7H3/t18-,21-,22-/m0/s1. The van der Waals surface area contributed by atoms with E-state index in [-0.39, 0.29) is 11.7 Å². The fraction of sp³-hybridized carbons (Fsp3) is 0.727. The van der Waals surface area contributed by atoms with Gasteiger partial charge in [-0.3, -0.25) is 0 Å². The first-order chi connectivity index (χ1) is 12.1. The van der Waals surface area contributed by atoms with E-state index < -0.39 is 8.32 Å². The zero-order chi connectivity index (χ0) is 19.3. The second-order valence-electron chi connectivity index (χ2n) is 9.47. The molecule has 0 N–H and O–H groups in total. The van der Waals surface area contributed by atoms with Gasteiger partial charge in [0.05, 0.1) is 11.7 Å². The number of ether oxygens (including phenoxy) is 1. The maximum Gasteiger partial charge on any atom is 0.258 e. The molecule has 1 saturated heterocycles. The monoisotopic (exact) mass is 438 g/mol. The molecule has 1 aliphatic heterocycles. The molecule has 0 saturated carbocycles. The van der Waals surface area contributed by atoms with Crippen molar-refractivity contribution < 1.29 is 9.16 Å². The lowest BCUT2D eigenvalue weighted by molar-refractivity contribution is -0.0232. The Kier molecular flexibility index (Phi) is 5.69. The molecule has 0 aromatic heterocycles. The van der Waals surface area contributed by atoms with Crippen molar-refractivity contribution in [3.05, 3.63) is 29.3 Å². The van der Waals surface area contributed by atoms with Crippen molar-refractivity contribution in [3.8, 4) is 5.75 Å². The summed E-state index contributed by atoms with van der Waals surface area (Å²) in [6.45, 7) is 16.3. The van der Waals surface area contributed by atoms with Gasteiger partial charge in [0.2, 0.25) is 0 Å². The first-order valence-electron chi connectivity index (χ1n) is 10.2. The summed E-state index contributed by atoms with van der Waals surface area (Å²) in [7, 11) is -1.92. The van der Waals surface area contributed by atoms with Crippen molar-refractivity contribution in [2.45, 2.75) is 89.6 Å². The molecule has 2 nitrogen and oxygen atoms in total. The highest BCUT2D eigenvalue weighted by Crippen LogP contribution is 2.52. The molecule has 1 aromatic rings. The highest BCUT2D eigenvalue weighted by atomic mass is 79.9. The number of hydrogen-bond acceptors (Lipinski definition) is 2. The Labute approximate surface area is 169 Å². The van der Waals surface area contributed by atoms with Crippen LogP contribution in [0, 0.1) is 5.92 Å². The van der Waals surface area contributed by atoms with Crippen LogP contribution in [0.15, 0.2) is 18.2 Å². The summed E-state index contributed by atoms with van der Waals surface area (Å²) in [5.41, 5.74) is 4.53. The van der Waals surface area contributed by atoms with Crippen LogP contribution in [-0.4, -0.2) is 19.2 Å². The first-order valence-corrected chi connectivity index (χ1v) is 13.5. The minimum atomic E-state index is -1.92. The van der Waals surface area contributed by atoms with E-state index in [9.17, 15) is 0 Å². The van der Waals surface area contributed by atoms with E-state index in [0.29, 0.717) is 22.5 Å². The summed E-state index contributed by atoms with van der Waals surface area (Å²) in [6.07, 6.45) is 2.48. The maximum absolute atomic E-state index is 6.91. The lowest BCUT2D eigenvalue weighted by atomic mass is 9.78.